The fourth-order valence-electron chi connectivity index (χ4n) is 1.99. The first kappa shape index (κ1) is 12.9. The third-order valence-corrected chi connectivity index (χ3v) is 3.81. The molecular formula is C12H14BrClN2O. The van der Waals surface area contributed by atoms with Crippen LogP contribution in [-0.2, 0) is 4.79 Å². The second-order valence-electron chi connectivity index (χ2n) is 4.31. The zero-order valence-corrected chi connectivity index (χ0v) is 11.8. The highest BCUT2D eigenvalue weighted by molar-refractivity contribution is 9.10. The van der Waals surface area contributed by atoms with Crippen LogP contribution in [0.2, 0.25) is 5.02 Å². The molecule has 1 aliphatic heterocycles. The maximum Gasteiger partial charge on any atom is 0.241 e. The second-order valence-corrected chi connectivity index (χ2v) is 5.63. The minimum Gasteiger partial charge on any atom is -0.323 e. The van der Waals surface area contributed by atoms with E-state index in [1.807, 2.05) is 6.07 Å². The van der Waals surface area contributed by atoms with Gasteiger partial charge in [0.1, 0.15) is 0 Å². The number of carbonyl (C=O) groups is 1. The largest absolute Gasteiger partial charge is 0.323 e. The summed E-state index contributed by atoms with van der Waals surface area (Å²) in [4.78, 5) is 12.0. The van der Waals surface area contributed by atoms with Crippen LogP contribution in [0.3, 0.4) is 0 Å². The smallest absolute Gasteiger partial charge is 0.241 e. The van der Waals surface area contributed by atoms with E-state index in [0.717, 1.165) is 17.4 Å². The summed E-state index contributed by atoms with van der Waals surface area (Å²) in [5.41, 5.74) is 0.653. The normalized spacial score (nSPS) is 23.7. The van der Waals surface area contributed by atoms with E-state index in [9.17, 15) is 4.79 Å². The number of hydrogen-bond acceptors (Lipinski definition) is 2. The lowest BCUT2D eigenvalue weighted by Gasteiger charge is -2.16. The number of amides is 1. The van der Waals surface area contributed by atoms with E-state index in [4.69, 9.17) is 11.6 Å². The molecule has 3 nitrogen and oxygen atoms in total. The van der Waals surface area contributed by atoms with Crippen molar-refractivity contribution in [3.8, 4) is 0 Å². The molecule has 1 fully saturated rings. The molecule has 2 rings (SSSR count). The summed E-state index contributed by atoms with van der Waals surface area (Å²) in [6, 6.07) is 5.30. The van der Waals surface area contributed by atoms with Gasteiger partial charge in [0.25, 0.3) is 0 Å². The molecule has 1 aromatic rings. The highest BCUT2D eigenvalue weighted by Gasteiger charge is 2.29. The maximum atomic E-state index is 12.0. The number of benzene rings is 1. The SMILES string of the molecule is CC1CCNC1C(=O)Nc1ccc(Br)cc1Cl. The summed E-state index contributed by atoms with van der Waals surface area (Å²) < 4.78 is 0.896. The first-order chi connectivity index (χ1) is 8.08. The number of halogens is 2. The molecule has 0 aromatic heterocycles. The number of anilines is 1. The lowest BCUT2D eigenvalue weighted by atomic mass is 10.0. The van der Waals surface area contributed by atoms with Gasteiger partial charge < -0.3 is 10.6 Å². The van der Waals surface area contributed by atoms with Crippen LogP contribution < -0.4 is 10.6 Å². The van der Waals surface area contributed by atoms with Gasteiger partial charge in [0, 0.05) is 4.47 Å². The Bertz CT molecular complexity index is 439. The van der Waals surface area contributed by atoms with Gasteiger partial charge in [-0.05, 0) is 37.1 Å². The van der Waals surface area contributed by atoms with Crippen LogP contribution in [0, 0.1) is 5.92 Å². The van der Waals surface area contributed by atoms with Crippen LogP contribution >= 0.6 is 27.5 Å². The minimum atomic E-state index is -0.116. The molecule has 2 N–H and O–H groups in total. The summed E-state index contributed by atoms with van der Waals surface area (Å²) in [7, 11) is 0. The van der Waals surface area contributed by atoms with Crippen LogP contribution in [0.25, 0.3) is 0 Å². The molecule has 2 unspecified atom stereocenters. The number of nitrogens with one attached hydrogen (secondary N) is 2. The Kier molecular flexibility index (Phi) is 4.07. The van der Waals surface area contributed by atoms with Gasteiger partial charge in [0.2, 0.25) is 5.91 Å². The summed E-state index contributed by atoms with van der Waals surface area (Å²) >= 11 is 9.38. The summed E-state index contributed by atoms with van der Waals surface area (Å²) in [5, 5.41) is 6.59. The molecule has 0 spiro atoms. The minimum absolute atomic E-state index is 0.0146. The number of rotatable bonds is 2. The van der Waals surface area contributed by atoms with Gasteiger partial charge in [0.15, 0.2) is 0 Å². The van der Waals surface area contributed by atoms with Gasteiger partial charge in [-0.25, -0.2) is 0 Å². The zero-order valence-electron chi connectivity index (χ0n) is 9.47. The van der Waals surface area contributed by atoms with Gasteiger partial charge in [-0.2, -0.15) is 0 Å². The predicted molar refractivity (Wildman–Crippen MR) is 73.4 cm³/mol. The Morgan fingerprint density at radius 2 is 2.35 bits per heavy atom. The lowest BCUT2D eigenvalue weighted by molar-refractivity contribution is -0.118. The van der Waals surface area contributed by atoms with Gasteiger partial charge >= 0.3 is 0 Å². The molecule has 1 heterocycles. The van der Waals surface area contributed by atoms with Crippen molar-refractivity contribution < 1.29 is 4.79 Å². The Morgan fingerprint density at radius 1 is 1.59 bits per heavy atom. The molecule has 92 valence electrons. The Morgan fingerprint density at radius 3 is 2.94 bits per heavy atom. The fourth-order valence-corrected chi connectivity index (χ4v) is 2.71. The van der Waals surface area contributed by atoms with E-state index < -0.39 is 0 Å². The van der Waals surface area contributed by atoms with Gasteiger partial charge in [-0.15, -0.1) is 0 Å². The standard InChI is InChI=1S/C12H14BrClN2O/c1-7-4-5-15-11(7)12(17)16-10-3-2-8(13)6-9(10)14/h2-3,6-7,11,15H,4-5H2,1H3,(H,16,17). The van der Waals surface area contributed by atoms with Crippen molar-refractivity contribution in [3.05, 3.63) is 27.7 Å². The monoisotopic (exact) mass is 316 g/mol. The van der Waals surface area contributed by atoms with Crippen molar-refractivity contribution in [2.24, 2.45) is 5.92 Å². The molecule has 0 radical (unpaired) electrons. The molecule has 2 atom stereocenters. The molecule has 0 aliphatic carbocycles. The van der Waals surface area contributed by atoms with Crippen LogP contribution in [0.4, 0.5) is 5.69 Å². The van der Waals surface area contributed by atoms with E-state index in [2.05, 4.69) is 33.5 Å². The Labute approximate surface area is 114 Å². The summed E-state index contributed by atoms with van der Waals surface area (Å²) in [6.07, 6.45) is 1.03. The molecule has 1 amide bonds. The van der Waals surface area contributed by atoms with Crippen LogP contribution in [0.15, 0.2) is 22.7 Å². The van der Waals surface area contributed by atoms with Gasteiger partial charge in [-0.3, -0.25) is 4.79 Å². The Hall–Kier alpha value is -0.580. The van der Waals surface area contributed by atoms with Gasteiger partial charge in [0.05, 0.1) is 16.8 Å². The topological polar surface area (TPSA) is 41.1 Å². The molecule has 0 bridgehead atoms. The highest BCUT2D eigenvalue weighted by Crippen LogP contribution is 2.26. The number of hydrogen-bond donors (Lipinski definition) is 2. The number of carbonyl (C=O) groups excluding carboxylic acids is 1. The van der Waals surface area contributed by atoms with E-state index in [1.54, 1.807) is 12.1 Å². The lowest BCUT2D eigenvalue weighted by Crippen LogP contribution is -2.39. The molecule has 1 aromatic carbocycles. The van der Waals surface area contributed by atoms with Crippen molar-refractivity contribution in [3.63, 3.8) is 0 Å². The summed E-state index contributed by atoms with van der Waals surface area (Å²) in [5.74, 6) is 0.350. The van der Waals surface area contributed by atoms with E-state index >= 15 is 0 Å². The molecule has 17 heavy (non-hydrogen) atoms. The summed E-state index contributed by atoms with van der Waals surface area (Å²) in [6.45, 7) is 2.97. The first-order valence-corrected chi connectivity index (χ1v) is 6.74. The first-order valence-electron chi connectivity index (χ1n) is 5.57. The Balaban J connectivity index is 2.07. The van der Waals surface area contributed by atoms with Crippen LogP contribution in [0.1, 0.15) is 13.3 Å². The third kappa shape index (κ3) is 3.00. The van der Waals surface area contributed by atoms with E-state index in [1.165, 1.54) is 0 Å². The molecule has 1 aliphatic rings. The van der Waals surface area contributed by atoms with Crippen molar-refractivity contribution in [1.29, 1.82) is 0 Å². The fraction of sp³-hybridized carbons (Fsp3) is 0.417. The van der Waals surface area contributed by atoms with Crippen LogP contribution in [0.5, 0.6) is 0 Å². The quantitative estimate of drug-likeness (QED) is 0.880. The van der Waals surface area contributed by atoms with Crippen LogP contribution in [-0.4, -0.2) is 18.5 Å². The van der Waals surface area contributed by atoms with Crippen molar-refractivity contribution in [2.75, 3.05) is 11.9 Å². The van der Waals surface area contributed by atoms with E-state index in [0.29, 0.717) is 16.6 Å². The van der Waals surface area contributed by atoms with Gasteiger partial charge in [-0.1, -0.05) is 34.5 Å². The molecule has 0 saturated carbocycles. The molecule has 1 saturated heterocycles. The maximum absolute atomic E-state index is 12.0. The van der Waals surface area contributed by atoms with Crippen molar-refractivity contribution in [1.82, 2.24) is 5.32 Å². The van der Waals surface area contributed by atoms with Crippen molar-refractivity contribution in [2.45, 2.75) is 19.4 Å². The molecule has 5 heteroatoms. The zero-order chi connectivity index (χ0) is 12.4. The second kappa shape index (κ2) is 5.38. The predicted octanol–water partition coefficient (Wildman–Crippen LogP) is 3.04. The average molecular weight is 318 g/mol. The average Bonchev–Trinajstić information content (AvgIpc) is 2.68. The highest BCUT2D eigenvalue weighted by atomic mass is 79.9. The molecular weight excluding hydrogens is 304 g/mol. The van der Waals surface area contributed by atoms with Crippen molar-refractivity contribution >= 4 is 39.1 Å². The van der Waals surface area contributed by atoms with E-state index in [-0.39, 0.29) is 11.9 Å². The third-order valence-electron chi connectivity index (χ3n) is 3.00.